The molecule has 53 heavy (non-hydrogen) atoms. The summed E-state index contributed by atoms with van der Waals surface area (Å²) in [5.41, 5.74) is 4.54. The predicted molar refractivity (Wildman–Crippen MR) is 206 cm³/mol. The van der Waals surface area contributed by atoms with E-state index in [4.69, 9.17) is 21.1 Å². The Morgan fingerprint density at radius 2 is 2.04 bits per heavy atom. The van der Waals surface area contributed by atoms with E-state index in [1.807, 2.05) is 29.7 Å². The van der Waals surface area contributed by atoms with Crippen molar-refractivity contribution >= 4 is 39.0 Å². The molecule has 2 N–H and O–H groups in total. The number of hydrogen-bond acceptors (Lipinski definition) is 7. The number of ether oxygens (including phenoxy) is 2. The number of hydrogen-bond donors (Lipinski definition) is 2. The zero-order valence-corrected chi connectivity index (χ0v) is 32.0. The van der Waals surface area contributed by atoms with Crippen LogP contribution in [0.5, 0.6) is 5.75 Å². The molecule has 2 aliphatic carbocycles. The van der Waals surface area contributed by atoms with Crippen LogP contribution in [-0.2, 0) is 39.5 Å². The van der Waals surface area contributed by atoms with E-state index in [9.17, 15) is 18.9 Å². The van der Waals surface area contributed by atoms with Gasteiger partial charge in [-0.3, -0.25) is 14.3 Å². The number of aromatic nitrogens is 1. The van der Waals surface area contributed by atoms with Gasteiger partial charge < -0.3 is 24.0 Å². The minimum absolute atomic E-state index is 0.00305. The molecule has 4 heterocycles. The number of nitrogens with zero attached hydrogens (tertiary/aromatic N) is 3. The SMILES string of the molecule is CO[C@H]1/C=C/C[C@H](C)C[S@@](=O)(NC(=O)c2cc3n(c2)CCC(O)C3)=NC(=O)c2ccc3c(c2)N(C[C@@H]2CC[C@H]21)C[C@@]1(CCCc2cc(Cl)ccc21)CO3. The van der Waals surface area contributed by atoms with Crippen molar-refractivity contribution in [2.75, 3.05) is 37.5 Å². The average Bonchev–Trinajstić information content (AvgIpc) is 3.48. The number of allylic oxidation sites excluding steroid dienone is 1. The van der Waals surface area contributed by atoms with E-state index in [0.29, 0.717) is 67.7 Å². The highest BCUT2D eigenvalue weighted by atomic mass is 35.5. The van der Waals surface area contributed by atoms with Crippen LogP contribution in [0, 0.1) is 17.8 Å². The Hall–Kier alpha value is -3.64. The molecule has 3 aliphatic heterocycles. The molecule has 0 radical (unpaired) electrons. The summed E-state index contributed by atoms with van der Waals surface area (Å²) >= 11 is 6.47. The Morgan fingerprint density at radius 1 is 1.17 bits per heavy atom. The molecule has 1 saturated carbocycles. The maximum atomic E-state index is 14.7. The second-order valence-electron chi connectivity index (χ2n) is 16.0. The third-order valence-electron chi connectivity index (χ3n) is 12.2. The van der Waals surface area contributed by atoms with Gasteiger partial charge in [0.15, 0.2) is 0 Å². The van der Waals surface area contributed by atoms with Crippen LogP contribution in [0.25, 0.3) is 0 Å². The molecule has 1 unspecified atom stereocenters. The largest absolute Gasteiger partial charge is 0.490 e. The van der Waals surface area contributed by atoms with E-state index < -0.39 is 27.8 Å². The first-order valence-corrected chi connectivity index (χ1v) is 21.1. The van der Waals surface area contributed by atoms with Crippen LogP contribution in [0.2, 0.25) is 5.02 Å². The van der Waals surface area contributed by atoms with E-state index in [2.05, 4.69) is 38.3 Å². The summed E-state index contributed by atoms with van der Waals surface area (Å²) in [5.74, 6) is 0.0460. The Kier molecular flexibility index (Phi) is 9.97. The van der Waals surface area contributed by atoms with Gasteiger partial charge in [0.2, 0.25) is 0 Å². The molecule has 10 nitrogen and oxygen atoms in total. The minimum atomic E-state index is -3.56. The number of carbonyl (C=O) groups is 2. The number of amides is 2. The van der Waals surface area contributed by atoms with Crippen molar-refractivity contribution in [2.24, 2.45) is 22.1 Å². The molecule has 7 atom stereocenters. The number of nitrogens with one attached hydrogen (secondary N) is 1. The molecule has 2 aromatic carbocycles. The van der Waals surface area contributed by atoms with Crippen molar-refractivity contribution in [3.63, 3.8) is 0 Å². The molecule has 5 aliphatic rings. The number of aliphatic hydroxyl groups is 1. The van der Waals surface area contributed by atoms with Gasteiger partial charge in [0.05, 0.1) is 35.8 Å². The minimum Gasteiger partial charge on any atom is -0.490 e. The van der Waals surface area contributed by atoms with E-state index >= 15 is 0 Å². The number of carbonyl (C=O) groups excluding carboxylic acids is 2. The van der Waals surface area contributed by atoms with Gasteiger partial charge in [-0.25, -0.2) is 4.21 Å². The normalized spacial score (nSPS) is 31.8. The highest BCUT2D eigenvalue weighted by Gasteiger charge is 2.44. The van der Waals surface area contributed by atoms with E-state index in [-0.39, 0.29) is 23.2 Å². The zero-order valence-electron chi connectivity index (χ0n) is 30.5. The summed E-state index contributed by atoms with van der Waals surface area (Å²) in [5, 5.41) is 10.9. The molecule has 0 saturated heterocycles. The first kappa shape index (κ1) is 36.3. The van der Waals surface area contributed by atoms with Crippen LogP contribution in [0.4, 0.5) is 5.69 Å². The lowest BCUT2D eigenvalue weighted by Gasteiger charge is -2.46. The zero-order chi connectivity index (χ0) is 36.9. The van der Waals surface area contributed by atoms with E-state index in [0.717, 1.165) is 55.1 Å². The van der Waals surface area contributed by atoms with Crippen molar-refractivity contribution < 1.29 is 28.4 Å². The third-order valence-corrected chi connectivity index (χ3v) is 14.4. The first-order valence-electron chi connectivity index (χ1n) is 19.0. The molecule has 2 amide bonds. The van der Waals surface area contributed by atoms with Gasteiger partial charge in [-0.1, -0.05) is 36.7 Å². The number of aryl methyl sites for hydroxylation is 2. The lowest BCUT2D eigenvalue weighted by molar-refractivity contribution is 0.0131. The summed E-state index contributed by atoms with van der Waals surface area (Å²) in [7, 11) is -1.79. The second kappa shape index (κ2) is 14.5. The van der Waals surface area contributed by atoms with Crippen LogP contribution in [0.3, 0.4) is 0 Å². The summed E-state index contributed by atoms with van der Waals surface area (Å²) in [4.78, 5) is 30.1. The second-order valence-corrected chi connectivity index (χ2v) is 18.4. The van der Waals surface area contributed by atoms with Crippen LogP contribution in [0.1, 0.15) is 83.0 Å². The predicted octanol–water partition coefficient (Wildman–Crippen LogP) is 6.51. The topological polar surface area (TPSA) is 122 Å². The van der Waals surface area contributed by atoms with Crippen molar-refractivity contribution in [2.45, 2.75) is 82.5 Å². The molecule has 282 valence electrons. The highest BCUT2D eigenvalue weighted by molar-refractivity contribution is 7.92. The molecule has 1 fully saturated rings. The number of benzene rings is 2. The van der Waals surface area contributed by atoms with Gasteiger partial charge in [0, 0.05) is 61.1 Å². The number of anilines is 1. The van der Waals surface area contributed by atoms with E-state index in [1.54, 1.807) is 25.4 Å². The molecular weight excluding hydrogens is 712 g/mol. The summed E-state index contributed by atoms with van der Waals surface area (Å²) < 4.78 is 36.4. The summed E-state index contributed by atoms with van der Waals surface area (Å²) in [6, 6.07) is 13.3. The summed E-state index contributed by atoms with van der Waals surface area (Å²) in [6.07, 6.45) is 12.1. The molecule has 2 bridgehead atoms. The standard InChI is InChI=1S/C41H49ClN4O6S/c1-26-5-3-7-37(51-2)34-11-8-29(34)21-46-24-41(15-4-6-27-17-31(42)10-12-35(27)41)25-52-38-13-9-28(19-36(38)46)39(48)43-53(50,23-26)44-40(49)30-18-32-20-33(47)14-16-45(32)22-30/h3,7,9-10,12-13,17-19,22,26,29,33-34,37,47H,4-6,8,11,14-16,20-21,23-25H2,1-2H3,(H,43,44,48,49,50)/b7-3+/t26-,29-,33?,34+,37-,41-,53-/m0/s1. The molecule has 1 spiro atoms. The lowest BCUT2D eigenvalue weighted by atomic mass is 9.68. The Morgan fingerprint density at radius 3 is 2.85 bits per heavy atom. The average molecular weight is 761 g/mol. The van der Waals surface area contributed by atoms with Gasteiger partial charge in [-0.05, 0) is 110 Å². The smallest absolute Gasteiger partial charge is 0.286 e. The molecule has 8 rings (SSSR count). The molecule has 3 aromatic rings. The van der Waals surface area contributed by atoms with Crippen molar-refractivity contribution in [1.29, 1.82) is 0 Å². The maximum Gasteiger partial charge on any atom is 0.286 e. The highest BCUT2D eigenvalue weighted by Crippen LogP contribution is 2.47. The Balaban J connectivity index is 1.18. The number of halogens is 1. The van der Waals surface area contributed by atoms with E-state index in [1.165, 1.54) is 11.1 Å². The van der Waals surface area contributed by atoms with Gasteiger partial charge in [0.25, 0.3) is 11.8 Å². The monoisotopic (exact) mass is 760 g/mol. The summed E-state index contributed by atoms with van der Waals surface area (Å²) in [6.45, 7) is 4.53. The van der Waals surface area contributed by atoms with Crippen LogP contribution in [0.15, 0.2) is 65.2 Å². The van der Waals surface area contributed by atoms with Crippen LogP contribution in [-0.4, -0.2) is 70.5 Å². The fourth-order valence-corrected chi connectivity index (χ4v) is 11.3. The van der Waals surface area contributed by atoms with Gasteiger partial charge >= 0.3 is 0 Å². The number of methoxy groups -OCH3 is 1. The fourth-order valence-electron chi connectivity index (χ4n) is 9.26. The molecule has 1 aromatic heterocycles. The number of fused-ring (bicyclic) bond motifs is 5. The van der Waals surface area contributed by atoms with Gasteiger partial charge in [-0.2, -0.15) is 0 Å². The Bertz CT molecular complexity index is 2070. The molecular formula is C41H49ClN4O6S. The Labute approximate surface area is 317 Å². The lowest BCUT2D eigenvalue weighted by Crippen LogP contribution is -2.49. The quantitative estimate of drug-likeness (QED) is 0.292. The number of rotatable bonds is 3. The van der Waals surface area contributed by atoms with Crippen molar-refractivity contribution in [3.05, 3.63) is 93.8 Å². The first-order chi connectivity index (χ1) is 25.5. The molecule has 12 heteroatoms. The van der Waals surface area contributed by atoms with Crippen molar-refractivity contribution in [1.82, 2.24) is 9.29 Å². The van der Waals surface area contributed by atoms with Gasteiger partial charge in [0.1, 0.15) is 15.7 Å². The number of aliphatic hydroxyl groups excluding tert-OH is 1. The van der Waals surface area contributed by atoms with Crippen LogP contribution >= 0.6 is 11.6 Å². The van der Waals surface area contributed by atoms with Crippen LogP contribution < -0.4 is 14.4 Å². The van der Waals surface area contributed by atoms with Crippen molar-refractivity contribution in [3.8, 4) is 5.75 Å². The fraction of sp³-hybridized carbons (Fsp3) is 0.512. The third kappa shape index (κ3) is 7.30. The maximum absolute atomic E-state index is 14.7. The van der Waals surface area contributed by atoms with Gasteiger partial charge in [-0.15, -0.1) is 4.36 Å².